The Morgan fingerprint density at radius 3 is 2.79 bits per heavy atom. The minimum Gasteiger partial charge on any atom is -0.481 e. The van der Waals surface area contributed by atoms with Crippen LogP contribution in [0.15, 0.2) is 36.5 Å². The van der Waals surface area contributed by atoms with Gasteiger partial charge in [0.05, 0.1) is 6.10 Å². The fourth-order valence-corrected chi connectivity index (χ4v) is 2.81. The molecule has 1 unspecified atom stereocenters. The first-order valence-electron chi connectivity index (χ1n) is 8.99. The highest BCUT2D eigenvalue weighted by atomic mass is 16.4. The van der Waals surface area contributed by atoms with Crippen molar-refractivity contribution in [3.05, 3.63) is 36.5 Å². The van der Waals surface area contributed by atoms with Gasteiger partial charge in [0.1, 0.15) is 0 Å². The zero-order valence-electron chi connectivity index (χ0n) is 14.6. The van der Waals surface area contributed by atoms with E-state index in [1.807, 2.05) is 30.4 Å². The molecule has 24 heavy (non-hydrogen) atoms. The molecule has 0 bridgehead atoms. The molecule has 0 fully saturated rings. The molecule has 0 saturated heterocycles. The third-order valence-corrected chi connectivity index (χ3v) is 4.29. The van der Waals surface area contributed by atoms with Crippen LogP contribution in [0.1, 0.15) is 58.3 Å². The van der Waals surface area contributed by atoms with Gasteiger partial charge in [-0.15, -0.1) is 0 Å². The molecule has 0 aromatic heterocycles. The predicted octanol–water partition coefficient (Wildman–Crippen LogP) is 4.06. The standard InChI is InChI=1S/C20H30O4/c1-2-3-6-9-17(21)14-12-16-13-15-19(22)18(16)10-7-4-5-8-11-20(23)24/h4,7,12-18,21H,2-3,5-6,8-11H2,1H3,(H,23,24)/b7-4-,14-12+/t16?,17-,18+/m0/s1. The average molecular weight is 334 g/mol. The van der Waals surface area contributed by atoms with Gasteiger partial charge in [0, 0.05) is 18.3 Å². The number of carboxylic acids is 1. The zero-order valence-corrected chi connectivity index (χ0v) is 14.6. The molecule has 0 amide bonds. The van der Waals surface area contributed by atoms with Crippen molar-refractivity contribution < 1.29 is 19.8 Å². The lowest BCUT2D eigenvalue weighted by Gasteiger charge is -2.13. The SMILES string of the molecule is CCCCC[C@H](O)/C=C/C1C=CC(=O)[C@@H]1C/C=C\CCCC(=O)O. The van der Waals surface area contributed by atoms with E-state index < -0.39 is 12.1 Å². The molecule has 4 nitrogen and oxygen atoms in total. The number of allylic oxidation sites excluding steroid dienone is 5. The Kier molecular flexibility index (Phi) is 10.0. The average Bonchev–Trinajstić information content (AvgIpc) is 2.89. The van der Waals surface area contributed by atoms with Gasteiger partial charge in [0.2, 0.25) is 0 Å². The van der Waals surface area contributed by atoms with Crippen molar-refractivity contribution in [3.63, 3.8) is 0 Å². The summed E-state index contributed by atoms with van der Waals surface area (Å²) in [5.74, 6) is -0.705. The number of ketones is 1. The molecule has 0 aromatic rings. The summed E-state index contributed by atoms with van der Waals surface area (Å²) < 4.78 is 0. The smallest absolute Gasteiger partial charge is 0.303 e. The molecule has 0 spiro atoms. The Hall–Kier alpha value is -1.68. The van der Waals surface area contributed by atoms with Gasteiger partial charge < -0.3 is 10.2 Å². The molecule has 0 aliphatic heterocycles. The molecule has 3 atom stereocenters. The van der Waals surface area contributed by atoms with E-state index in [-0.39, 0.29) is 24.0 Å². The Bertz CT molecular complexity index is 476. The van der Waals surface area contributed by atoms with Gasteiger partial charge in [-0.3, -0.25) is 9.59 Å². The van der Waals surface area contributed by atoms with Crippen molar-refractivity contribution in [2.75, 3.05) is 0 Å². The number of aliphatic carboxylic acids is 1. The summed E-state index contributed by atoms with van der Waals surface area (Å²) in [6.45, 7) is 2.14. The Balaban J connectivity index is 2.38. The van der Waals surface area contributed by atoms with Crippen LogP contribution < -0.4 is 0 Å². The number of carbonyl (C=O) groups is 2. The monoisotopic (exact) mass is 334 g/mol. The summed E-state index contributed by atoms with van der Waals surface area (Å²) >= 11 is 0. The van der Waals surface area contributed by atoms with E-state index in [1.165, 1.54) is 0 Å². The first kappa shape index (κ1) is 20.4. The van der Waals surface area contributed by atoms with Crippen LogP contribution in [-0.4, -0.2) is 28.1 Å². The minimum absolute atomic E-state index is 0.0435. The van der Waals surface area contributed by atoms with Gasteiger partial charge in [-0.25, -0.2) is 0 Å². The third-order valence-electron chi connectivity index (χ3n) is 4.29. The van der Waals surface area contributed by atoms with Crippen molar-refractivity contribution in [3.8, 4) is 0 Å². The first-order valence-corrected chi connectivity index (χ1v) is 8.99. The second kappa shape index (κ2) is 11.8. The van der Waals surface area contributed by atoms with E-state index in [1.54, 1.807) is 6.08 Å². The van der Waals surface area contributed by atoms with E-state index in [4.69, 9.17) is 5.11 Å². The van der Waals surface area contributed by atoms with Gasteiger partial charge in [-0.05, 0) is 31.8 Å². The van der Waals surface area contributed by atoms with Crippen molar-refractivity contribution in [2.24, 2.45) is 11.8 Å². The normalized spacial score (nSPS) is 22.0. The number of rotatable bonds is 12. The van der Waals surface area contributed by atoms with Gasteiger partial charge in [0.25, 0.3) is 0 Å². The molecule has 1 aliphatic carbocycles. The summed E-state index contributed by atoms with van der Waals surface area (Å²) in [6.07, 6.45) is 17.0. The zero-order chi connectivity index (χ0) is 17.8. The summed E-state index contributed by atoms with van der Waals surface area (Å²) in [7, 11) is 0. The first-order chi connectivity index (χ1) is 11.5. The van der Waals surface area contributed by atoms with Crippen LogP contribution in [0.25, 0.3) is 0 Å². The molecular formula is C20H30O4. The van der Waals surface area contributed by atoms with Crippen LogP contribution in [-0.2, 0) is 9.59 Å². The number of aliphatic hydroxyl groups excluding tert-OH is 1. The van der Waals surface area contributed by atoms with Gasteiger partial charge >= 0.3 is 5.97 Å². The van der Waals surface area contributed by atoms with E-state index in [9.17, 15) is 14.7 Å². The van der Waals surface area contributed by atoms with E-state index >= 15 is 0 Å². The third kappa shape index (κ3) is 8.25. The van der Waals surface area contributed by atoms with Crippen molar-refractivity contribution in [1.82, 2.24) is 0 Å². The van der Waals surface area contributed by atoms with Crippen LogP contribution in [0.5, 0.6) is 0 Å². The van der Waals surface area contributed by atoms with Crippen LogP contribution in [0.2, 0.25) is 0 Å². The number of hydrogen-bond acceptors (Lipinski definition) is 3. The maximum absolute atomic E-state index is 12.0. The Labute approximate surface area is 145 Å². The van der Waals surface area contributed by atoms with Gasteiger partial charge in [-0.1, -0.05) is 56.6 Å². The fourth-order valence-electron chi connectivity index (χ4n) is 2.81. The number of unbranched alkanes of at least 4 members (excludes halogenated alkanes) is 3. The summed E-state index contributed by atoms with van der Waals surface area (Å²) in [5, 5.41) is 18.5. The van der Waals surface area contributed by atoms with Gasteiger partial charge in [-0.2, -0.15) is 0 Å². The van der Waals surface area contributed by atoms with Crippen molar-refractivity contribution in [2.45, 2.75) is 64.4 Å². The Morgan fingerprint density at radius 1 is 1.29 bits per heavy atom. The van der Waals surface area contributed by atoms with Crippen LogP contribution in [0.3, 0.4) is 0 Å². The van der Waals surface area contributed by atoms with E-state index in [0.29, 0.717) is 12.8 Å². The molecule has 0 heterocycles. The quantitative estimate of drug-likeness (QED) is 0.417. The predicted molar refractivity (Wildman–Crippen MR) is 95.7 cm³/mol. The molecule has 1 rings (SSSR count). The summed E-state index contributed by atoms with van der Waals surface area (Å²) in [5.41, 5.74) is 0. The molecule has 1 aliphatic rings. The second-order valence-electron chi connectivity index (χ2n) is 6.39. The number of carboxylic acid groups (broad SMARTS) is 1. The van der Waals surface area contributed by atoms with Crippen LogP contribution >= 0.6 is 0 Å². The molecule has 134 valence electrons. The summed E-state index contributed by atoms with van der Waals surface area (Å²) in [4.78, 5) is 22.4. The number of hydrogen-bond donors (Lipinski definition) is 2. The molecule has 0 aromatic carbocycles. The molecule has 0 radical (unpaired) electrons. The molecule has 0 saturated carbocycles. The van der Waals surface area contributed by atoms with Gasteiger partial charge in [0.15, 0.2) is 5.78 Å². The lowest BCUT2D eigenvalue weighted by atomic mass is 9.90. The summed E-state index contributed by atoms with van der Waals surface area (Å²) in [6, 6.07) is 0. The molecule has 2 N–H and O–H groups in total. The number of carbonyl (C=O) groups excluding carboxylic acids is 1. The topological polar surface area (TPSA) is 74.6 Å². The minimum atomic E-state index is -0.777. The Morgan fingerprint density at radius 2 is 2.08 bits per heavy atom. The van der Waals surface area contributed by atoms with Crippen LogP contribution in [0.4, 0.5) is 0 Å². The van der Waals surface area contributed by atoms with E-state index in [0.717, 1.165) is 32.1 Å². The fraction of sp³-hybridized carbons (Fsp3) is 0.600. The van der Waals surface area contributed by atoms with Crippen molar-refractivity contribution >= 4 is 11.8 Å². The van der Waals surface area contributed by atoms with Crippen LogP contribution in [0, 0.1) is 11.8 Å². The largest absolute Gasteiger partial charge is 0.481 e. The maximum Gasteiger partial charge on any atom is 0.303 e. The highest BCUT2D eigenvalue weighted by Crippen LogP contribution is 2.27. The van der Waals surface area contributed by atoms with E-state index in [2.05, 4.69) is 6.92 Å². The second-order valence-corrected chi connectivity index (χ2v) is 6.39. The maximum atomic E-state index is 12.0. The molecule has 4 heteroatoms. The number of aliphatic hydroxyl groups is 1. The van der Waals surface area contributed by atoms with Crippen molar-refractivity contribution in [1.29, 1.82) is 0 Å². The highest BCUT2D eigenvalue weighted by Gasteiger charge is 2.27. The molecular weight excluding hydrogens is 304 g/mol. The lowest BCUT2D eigenvalue weighted by molar-refractivity contribution is -0.137. The lowest BCUT2D eigenvalue weighted by Crippen LogP contribution is -2.14. The highest BCUT2D eigenvalue weighted by molar-refractivity contribution is 5.95.